The number of aliphatic imine (C=N–C) groups is 1. The summed E-state index contributed by atoms with van der Waals surface area (Å²) >= 11 is 7.39. The summed E-state index contributed by atoms with van der Waals surface area (Å²) in [6.07, 6.45) is 4.56. The number of amidine groups is 1. The maximum absolute atomic E-state index is 11.5. The second-order valence-corrected chi connectivity index (χ2v) is 4.74. The summed E-state index contributed by atoms with van der Waals surface area (Å²) in [5, 5.41) is 1.56. The molecular formula is C9H7ClN2OS. The number of carbonyl (C=O) groups excluding carboxylic acids is 1. The van der Waals surface area contributed by atoms with Crippen molar-refractivity contribution in [1.82, 2.24) is 4.90 Å². The Bertz CT molecular complexity index is 413. The van der Waals surface area contributed by atoms with Crippen molar-refractivity contribution in [2.75, 3.05) is 5.75 Å². The van der Waals surface area contributed by atoms with Crippen LogP contribution in [0.25, 0.3) is 0 Å². The summed E-state index contributed by atoms with van der Waals surface area (Å²) in [5.41, 5.74) is 0.924. The summed E-state index contributed by atoms with van der Waals surface area (Å²) in [6, 6.07) is 0.106. The zero-order chi connectivity index (χ0) is 9.71. The number of fused-ring (bicyclic) bond motifs is 3. The van der Waals surface area contributed by atoms with Crippen molar-refractivity contribution in [3.05, 3.63) is 22.9 Å². The van der Waals surface area contributed by atoms with E-state index in [1.165, 1.54) is 11.8 Å². The molecule has 0 N–H and O–H groups in total. The van der Waals surface area contributed by atoms with E-state index in [2.05, 4.69) is 4.99 Å². The highest BCUT2D eigenvalue weighted by Gasteiger charge is 2.41. The third kappa shape index (κ3) is 1.07. The molecule has 1 saturated heterocycles. The normalized spacial score (nSPS) is 29.5. The third-order valence-corrected chi connectivity index (χ3v) is 3.70. The number of halogens is 1. The number of allylic oxidation sites excluding steroid dienone is 2. The molecule has 0 radical (unpaired) electrons. The van der Waals surface area contributed by atoms with Crippen molar-refractivity contribution in [2.45, 2.75) is 12.5 Å². The SMILES string of the molecule is O=C1CSC2=NC3=CC(Cl)=CCC3N12. The van der Waals surface area contributed by atoms with Crippen LogP contribution in [-0.2, 0) is 4.79 Å². The van der Waals surface area contributed by atoms with Crippen molar-refractivity contribution >= 4 is 34.4 Å². The van der Waals surface area contributed by atoms with Gasteiger partial charge in [-0.2, -0.15) is 0 Å². The van der Waals surface area contributed by atoms with Crippen molar-refractivity contribution in [3.8, 4) is 0 Å². The van der Waals surface area contributed by atoms with Crippen LogP contribution in [0.15, 0.2) is 27.9 Å². The first-order valence-electron chi connectivity index (χ1n) is 4.36. The van der Waals surface area contributed by atoms with Crippen LogP contribution < -0.4 is 0 Å². The van der Waals surface area contributed by atoms with Crippen LogP contribution in [0.5, 0.6) is 0 Å². The van der Waals surface area contributed by atoms with E-state index in [0.29, 0.717) is 5.75 Å². The molecule has 1 unspecified atom stereocenters. The summed E-state index contributed by atoms with van der Waals surface area (Å²) in [4.78, 5) is 17.7. The van der Waals surface area contributed by atoms with E-state index in [9.17, 15) is 4.79 Å². The Labute approximate surface area is 90.5 Å². The number of rotatable bonds is 0. The summed E-state index contributed by atoms with van der Waals surface area (Å²) < 4.78 is 0. The maximum atomic E-state index is 11.5. The fourth-order valence-corrected chi connectivity index (χ4v) is 2.99. The quantitative estimate of drug-likeness (QED) is 0.630. The molecule has 1 atom stereocenters. The molecule has 2 heterocycles. The van der Waals surface area contributed by atoms with Gasteiger partial charge in [-0.15, -0.1) is 0 Å². The lowest BCUT2D eigenvalue weighted by Crippen LogP contribution is -2.36. The van der Waals surface area contributed by atoms with Gasteiger partial charge in [-0.3, -0.25) is 9.69 Å². The van der Waals surface area contributed by atoms with Crippen molar-refractivity contribution in [3.63, 3.8) is 0 Å². The predicted molar refractivity (Wildman–Crippen MR) is 57.2 cm³/mol. The molecule has 5 heteroatoms. The molecule has 72 valence electrons. The molecule has 1 amide bonds. The van der Waals surface area contributed by atoms with Gasteiger partial charge in [-0.25, -0.2) is 4.99 Å². The van der Waals surface area contributed by atoms with Crippen molar-refractivity contribution in [2.24, 2.45) is 4.99 Å². The maximum Gasteiger partial charge on any atom is 0.239 e. The molecule has 0 spiro atoms. The second-order valence-electron chi connectivity index (χ2n) is 3.36. The molecule has 0 aromatic rings. The Balaban J connectivity index is 2.03. The topological polar surface area (TPSA) is 32.7 Å². The van der Waals surface area contributed by atoms with Crippen LogP contribution >= 0.6 is 23.4 Å². The van der Waals surface area contributed by atoms with Gasteiger partial charge in [0.15, 0.2) is 5.17 Å². The highest BCUT2D eigenvalue weighted by molar-refractivity contribution is 8.15. The average Bonchev–Trinajstić information content (AvgIpc) is 2.66. The zero-order valence-corrected chi connectivity index (χ0v) is 8.81. The molecule has 0 saturated carbocycles. The average molecular weight is 227 g/mol. The molecule has 0 bridgehead atoms. The van der Waals surface area contributed by atoms with E-state index < -0.39 is 0 Å². The Morgan fingerprint density at radius 2 is 2.50 bits per heavy atom. The van der Waals surface area contributed by atoms with Gasteiger partial charge in [0.1, 0.15) is 0 Å². The standard InChI is InChI=1S/C9H7ClN2OS/c10-5-1-2-7-6(3-5)11-9-12(7)8(13)4-14-9/h1,3,7H,2,4H2. The van der Waals surface area contributed by atoms with Crippen LogP contribution in [0.3, 0.4) is 0 Å². The molecule has 0 aromatic heterocycles. The first-order chi connectivity index (χ1) is 6.75. The molecule has 0 aromatic carbocycles. The fourth-order valence-electron chi connectivity index (χ4n) is 1.86. The van der Waals surface area contributed by atoms with Gasteiger partial charge in [-0.1, -0.05) is 29.4 Å². The van der Waals surface area contributed by atoms with Gasteiger partial charge < -0.3 is 0 Å². The van der Waals surface area contributed by atoms with Gasteiger partial charge in [0.25, 0.3) is 0 Å². The van der Waals surface area contributed by atoms with Crippen LogP contribution in [-0.4, -0.2) is 27.8 Å². The molecule has 3 nitrogen and oxygen atoms in total. The number of hydrogen-bond acceptors (Lipinski definition) is 3. The second kappa shape index (κ2) is 2.87. The molecular weight excluding hydrogens is 220 g/mol. The van der Waals surface area contributed by atoms with E-state index in [0.717, 1.165) is 22.3 Å². The predicted octanol–water partition coefficient (Wildman–Crippen LogP) is 1.71. The molecule has 3 aliphatic rings. The number of nitrogens with zero attached hydrogens (tertiary/aromatic N) is 2. The summed E-state index contributed by atoms with van der Waals surface area (Å²) in [5.74, 6) is 0.689. The Hall–Kier alpha value is -0.740. The minimum Gasteiger partial charge on any atom is -0.281 e. The van der Waals surface area contributed by atoms with Crippen molar-refractivity contribution < 1.29 is 4.79 Å². The smallest absolute Gasteiger partial charge is 0.239 e. The largest absolute Gasteiger partial charge is 0.281 e. The lowest BCUT2D eigenvalue weighted by Gasteiger charge is -2.21. The van der Waals surface area contributed by atoms with Crippen LogP contribution in [0, 0.1) is 0 Å². The zero-order valence-electron chi connectivity index (χ0n) is 7.24. The van der Waals surface area contributed by atoms with Crippen LogP contribution in [0.2, 0.25) is 0 Å². The van der Waals surface area contributed by atoms with Gasteiger partial charge in [0, 0.05) is 5.03 Å². The first-order valence-corrected chi connectivity index (χ1v) is 5.73. The van der Waals surface area contributed by atoms with E-state index >= 15 is 0 Å². The minimum atomic E-state index is 0.106. The third-order valence-electron chi connectivity index (χ3n) is 2.50. The van der Waals surface area contributed by atoms with Gasteiger partial charge in [0.2, 0.25) is 5.91 Å². The van der Waals surface area contributed by atoms with Crippen molar-refractivity contribution in [1.29, 1.82) is 0 Å². The summed E-state index contributed by atoms with van der Waals surface area (Å²) in [7, 11) is 0. The Morgan fingerprint density at radius 3 is 3.36 bits per heavy atom. The lowest BCUT2D eigenvalue weighted by atomic mass is 10.1. The molecule has 3 rings (SSSR count). The minimum absolute atomic E-state index is 0.106. The summed E-state index contributed by atoms with van der Waals surface area (Å²) in [6.45, 7) is 0. The van der Waals surface area contributed by atoms with Gasteiger partial charge in [-0.05, 0) is 12.5 Å². The molecule has 1 aliphatic carbocycles. The van der Waals surface area contributed by atoms with Crippen LogP contribution in [0.4, 0.5) is 0 Å². The van der Waals surface area contributed by atoms with E-state index in [4.69, 9.17) is 11.6 Å². The number of hydrogen-bond donors (Lipinski definition) is 0. The lowest BCUT2D eigenvalue weighted by molar-refractivity contribution is -0.124. The Kier molecular flexibility index (Phi) is 1.76. The van der Waals surface area contributed by atoms with E-state index in [1.54, 1.807) is 4.90 Å². The highest BCUT2D eigenvalue weighted by atomic mass is 35.5. The molecule has 2 aliphatic heterocycles. The number of amides is 1. The van der Waals surface area contributed by atoms with E-state index in [1.807, 2.05) is 12.2 Å². The van der Waals surface area contributed by atoms with Gasteiger partial charge in [0.05, 0.1) is 17.5 Å². The van der Waals surface area contributed by atoms with Crippen LogP contribution in [0.1, 0.15) is 6.42 Å². The first kappa shape index (κ1) is 8.56. The monoisotopic (exact) mass is 226 g/mol. The fraction of sp³-hybridized carbons (Fsp3) is 0.333. The number of thioether (sulfide) groups is 1. The molecule has 14 heavy (non-hydrogen) atoms. The molecule has 1 fully saturated rings. The highest BCUT2D eigenvalue weighted by Crippen LogP contribution is 2.37. The Morgan fingerprint density at radius 1 is 1.64 bits per heavy atom. The number of carbonyl (C=O) groups is 1. The van der Waals surface area contributed by atoms with Gasteiger partial charge >= 0.3 is 0 Å². The van der Waals surface area contributed by atoms with E-state index in [-0.39, 0.29) is 11.9 Å².